The zero-order valence-electron chi connectivity index (χ0n) is 12.9. The molecule has 6 nitrogen and oxygen atoms in total. The number of nitrogens with one attached hydrogen (secondary N) is 2. The third kappa shape index (κ3) is 11.9. The maximum atomic E-state index is 5.04. The highest BCUT2D eigenvalue weighted by Crippen LogP contribution is 1.88. The van der Waals surface area contributed by atoms with Gasteiger partial charge in [0.1, 0.15) is 0 Å². The fourth-order valence-electron chi connectivity index (χ4n) is 1.54. The zero-order chi connectivity index (χ0) is 14.3. The number of likely N-dealkylation sites (N-methyl/N-ethyl adjacent to an activating group) is 1. The van der Waals surface area contributed by atoms with E-state index in [-0.39, 0.29) is 0 Å². The van der Waals surface area contributed by atoms with Crippen LogP contribution in [0.15, 0.2) is 4.99 Å². The lowest BCUT2D eigenvalue weighted by atomic mass is 10.4. The van der Waals surface area contributed by atoms with E-state index in [2.05, 4.69) is 34.5 Å². The third-order valence-electron chi connectivity index (χ3n) is 2.58. The SMILES string of the molecule is CCNC(=NCCN(C)CCCOC)NCCOC. The Bertz CT molecular complexity index is 225. The van der Waals surface area contributed by atoms with Crippen LogP contribution in [0.1, 0.15) is 13.3 Å². The molecule has 0 aliphatic rings. The molecule has 0 fully saturated rings. The third-order valence-corrected chi connectivity index (χ3v) is 2.58. The molecule has 0 heterocycles. The smallest absolute Gasteiger partial charge is 0.191 e. The molecule has 6 heteroatoms. The van der Waals surface area contributed by atoms with Gasteiger partial charge in [0.25, 0.3) is 0 Å². The molecule has 0 aromatic carbocycles. The van der Waals surface area contributed by atoms with Crippen molar-refractivity contribution in [1.82, 2.24) is 15.5 Å². The Morgan fingerprint density at radius 1 is 1.11 bits per heavy atom. The van der Waals surface area contributed by atoms with Gasteiger partial charge in [-0.15, -0.1) is 0 Å². The molecule has 0 atom stereocenters. The molecule has 0 rings (SSSR count). The van der Waals surface area contributed by atoms with Crippen molar-refractivity contribution in [2.75, 3.05) is 67.2 Å². The summed E-state index contributed by atoms with van der Waals surface area (Å²) in [7, 11) is 5.54. The van der Waals surface area contributed by atoms with Gasteiger partial charge in [-0.1, -0.05) is 0 Å². The average Bonchev–Trinajstić information content (AvgIpc) is 2.39. The number of ether oxygens (including phenoxy) is 2. The monoisotopic (exact) mass is 274 g/mol. The minimum Gasteiger partial charge on any atom is -0.385 e. The summed E-state index contributed by atoms with van der Waals surface area (Å²) < 4.78 is 10.0. The van der Waals surface area contributed by atoms with E-state index < -0.39 is 0 Å². The lowest BCUT2D eigenvalue weighted by molar-refractivity contribution is 0.180. The fraction of sp³-hybridized carbons (Fsp3) is 0.923. The van der Waals surface area contributed by atoms with Crippen LogP contribution in [0.4, 0.5) is 0 Å². The first-order valence-corrected chi connectivity index (χ1v) is 6.93. The Morgan fingerprint density at radius 3 is 2.47 bits per heavy atom. The molecule has 0 aromatic heterocycles. The van der Waals surface area contributed by atoms with Gasteiger partial charge >= 0.3 is 0 Å². The molecule has 0 radical (unpaired) electrons. The molecule has 0 aromatic rings. The number of rotatable bonds is 11. The minimum absolute atomic E-state index is 0.682. The quantitative estimate of drug-likeness (QED) is 0.319. The zero-order valence-corrected chi connectivity index (χ0v) is 12.9. The first kappa shape index (κ1) is 18.1. The van der Waals surface area contributed by atoms with Crippen LogP contribution >= 0.6 is 0 Å². The molecule has 0 saturated carbocycles. The summed E-state index contributed by atoms with van der Waals surface area (Å²) in [4.78, 5) is 6.78. The van der Waals surface area contributed by atoms with E-state index in [1.54, 1.807) is 14.2 Å². The molecule has 0 unspecified atom stereocenters. The molecule has 2 N–H and O–H groups in total. The van der Waals surface area contributed by atoms with E-state index in [1.165, 1.54) is 0 Å². The highest BCUT2D eigenvalue weighted by atomic mass is 16.5. The summed E-state index contributed by atoms with van der Waals surface area (Å²) in [5.74, 6) is 0.852. The average molecular weight is 274 g/mol. The predicted molar refractivity (Wildman–Crippen MR) is 79.8 cm³/mol. The van der Waals surface area contributed by atoms with Gasteiger partial charge in [-0.3, -0.25) is 4.99 Å². The number of guanidine groups is 1. The molecule has 0 aliphatic heterocycles. The summed E-state index contributed by atoms with van der Waals surface area (Å²) in [5, 5.41) is 6.44. The van der Waals surface area contributed by atoms with Crippen molar-refractivity contribution in [2.24, 2.45) is 4.99 Å². The van der Waals surface area contributed by atoms with Gasteiger partial charge in [0.15, 0.2) is 5.96 Å². The number of aliphatic imine (C=N–C) groups is 1. The second kappa shape index (κ2) is 13.6. The van der Waals surface area contributed by atoms with E-state index in [4.69, 9.17) is 9.47 Å². The maximum absolute atomic E-state index is 5.04. The normalized spacial score (nSPS) is 11.9. The molecule has 0 bridgehead atoms. The number of methoxy groups -OCH3 is 2. The van der Waals surface area contributed by atoms with E-state index in [0.29, 0.717) is 6.61 Å². The molecular weight excluding hydrogens is 244 g/mol. The first-order valence-electron chi connectivity index (χ1n) is 6.93. The van der Waals surface area contributed by atoms with Crippen LogP contribution in [0.2, 0.25) is 0 Å². The lowest BCUT2D eigenvalue weighted by Crippen LogP contribution is -2.39. The largest absolute Gasteiger partial charge is 0.385 e. The molecule has 19 heavy (non-hydrogen) atoms. The summed E-state index contributed by atoms with van der Waals surface area (Å²) in [6.07, 6.45) is 1.06. The van der Waals surface area contributed by atoms with Crippen molar-refractivity contribution in [2.45, 2.75) is 13.3 Å². The van der Waals surface area contributed by atoms with Gasteiger partial charge in [0, 0.05) is 47.0 Å². The molecular formula is C13H30N4O2. The van der Waals surface area contributed by atoms with Crippen LogP contribution in [0, 0.1) is 0 Å². The standard InChI is InChI=1S/C13H30N4O2/c1-5-14-13(16-8-12-19-4)15-7-10-17(2)9-6-11-18-3/h5-12H2,1-4H3,(H2,14,15,16). The van der Waals surface area contributed by atoms with E-state index in [9.17, 15) is 0 Å². The van der Waals surface area contributed by atoms with Crippen molar-refractivity contribution in [3.05, 3.63) is 0 Å². The van der Waals surface area contributed by atoms with E-state index in [1.807, 2.05) is 0 Å². The fourth-order valence-corrected chi connectivity index (χ4v) is 1.54. The van der Waals surface area contributed by atoms with Gasteiger partial charge in [-0.2, -0.15) is 0 Å². The van der Waals surface area contributed by atoms with Crippen molar-refractivity contribution in [3.63, 3.8) is 0 Å². The molecule has 0 aliphatic carbocycles. The maximum Gasteiger partial charge on any atom is 0.191 e. The summed E-state index contributed by atoms with van der Waals surface area (Å²) in [6.45, 7) is 7.96. The molecule has 114 valence electrons. The van der Waals surface area contributed by atoms with Gasteiger partial charge in [0.05, 0.1) is 13.2 Å². The Morgan fingerprint density at radius 2 is 1.84 bits per heavy atom. The first-order chi connectivity index (χ1) is 9.24. The van der Waals surface area contributed by atoms with Crippen LogP contribution in [0.25, 0.3) is 0 Å². The summed E-state index contributed by atoms with van der Waals surface area (Å²) in [6, 6.07) is 0. The van der Waals surface area contributed by atoms with E-state index in [0.717, 1.165) is 51.7 Å². The van der Waals surface area contributed by atoms with E-state index >= 15 is 0 Å². The van der Waals surface area contributed by atoms with Crippen molar-refractivity contribution in [3.8, 4) is 0 Å². The van der Waals surface area contributed by atoms with Crippen LogP contribution < -0.4 is 10.6 Å². The second-order valence-corrected chi connectivity index (χ2v) is 4.33. The number of hydrogen-bond acceptors (Lipinski definition) is 4. The Balaban J connectivity index is 3.81. The summed E-state index contributed by atoms with van der Waals surface area (Å²) >= 11 is 0. The second-order valence-electron chi connectivity index (χ2n) is 4.33. The number of nitrogens with zero attached hydrogens (tertiary/aromatic N) is 2. The minimum atomic E-state index is 0.682. The van der Waals surface area contributed by atoms with Gasteiger partial charge in [0.2, 0.25) is 0 Å². The molecule has 0 spiro atoms. The Labute approximate surface area is 117 Å². The number of hydrogen-bond donors (Lipinski definition) is 2. The van der Waals surface area contributed by atoms with Crippen LogP contribution in [-0.4, -0.2) is 78.1 Å². The topological polar surface area (TPSA) is 58.1 Å². The van der Waals surface area contributed by atoms with Crippen LogP contribution in [0.3, 0.4) is 0 Å². The van der Waals surface area contributed by atoms with Crippen molar-refractivity contribution in [1.29, 1.82) is 0 Å². The van der Waals surface area contributed by atoms with Gasteiger partial charge < -0.3 is 25.0 Å². The van der Waals surface area contributed by atoms with Gasteiger partial charge in [-0.05, 0) is 20.4 Å². The lowest BCUT2D eigenvalue weighted by Gasteiger charge is -2.16. The molecule has 0 saturated heterocycles. The Kier molecular flexibility index (Phi) is 13.0. The highest BCUT2D eigenvalue weighted by Gasteiger charge is 1.99. The molecule has 0 amide bonds. The van der Waals surface area contributed by atoms with Crippen LogP contribution in [-0.2, 0) is 9.47 Å². The van der Waals surface area contributed by atoms with Crippen molar-refractivity contribution >= 4 is 5.96 Å². The summed E-state index contributed by atoms with van der Waals surface area (Å²) in [5.41, 5.74) is 0. The van der Waals surface area contributed by atoms with Crippen LogP contribution in [0.5, 0.6) is 0 Å². The van der Waals surface area contributed by atoms with Gasteiger partial charge in [-0.25, -0.2) is 0 Å². The van der Waals surface area contributed by atoms with Crippen molar-refractivity contribution < 1.29 is 9.47 Å². The predicted octanol–water partition coefficient (Wildman–Crippen LogP) is 0.156. The highest BCUT2D eigenvalue weighted by molar-refractivity contribution is 5.79. The Hall–Kier alpha value is -0.850.